The van der Waals surface area contributed by atoms with Crippen LogP contribution in [0.25, 0.3) is 0 Å². The summed E-state index contributed by atoms with van der Waals surface area (Å²) in [5.74, 6) is -2.69. The average molecular weight is 908 g/mol. The van der Waals surface area contributed by atoms with Gasteiger partial charge in [0.05, 0.1) is 6.54 Å². The number of halogens is 5. The number of alkyl halides is 1. The Labute approximate surface area is 353 Å². The molecule has 4 aromatic heterocycles. The van der Waals surface area contributed by atoms with Crippen molar-refractivity contribution in [3.63, 3.8) is 0 Å². The van der Waals surface area contributed by atoms with Crippen molar-refractivity contribution in [1.29, 1.82) is 0 Å². The SMILES string of the molecule is CN1C(=O)[C@@H](NC(=O)c2cc(F)[nH]n2)COc2cccnc21.CN1C(=O)[C@@H](NC(=O)c2cc(F)n(Cc3ccc(F)cc3)n2)COc2cccnc21.Fc1ccc(CBr)cc1. The summed E-state index contributed by atoms with van der Waals surface area (Å²) >= 11 is 3.26. The number of fused-ring (bicyclic) bond motifs is 2. The molecule has 2 atom stereocenters. The Bertz CT molecular complexity index is 2510. The maximum atomic E-state index is 14.2. The Kier molecular flexibility index (Phi) is 14.0. The monoisotopic (exact) mass is 906 g/mol. The van der Waals surface area contributed by atoms with Gasteiger partial charge in [-0.2, -0.15) is 19.0 Å². The minimum atomic E-state index is -0.998. The van der Waals surface area contributed by atoms with Gasteiger partial charge in [0.15, 0.2) is 34.5 Å². The number of ether oxygens (including phenoxy) is 2. The Morgan fingerprint density at radius 1 is 0.738 bits per heavy atom. The summed E-state index contributed by atoms with van der Waals surface area (Å²) in [6.45, 7) is -0.137. The van der Waals surface area contributed by atoms with E-state index in [1.807, 2.05) is 5.10 Å². The van der Waals surface area contributed by atoms with E-state index in [2.05, 4.69) is 46.7 Å². The lowest BCUT2D eigenvalue weighted by molar-refractivity contribution is -0.121. The van der Waals surface area contributed by atoms with E-state index in [9.17, 15) is 36.7 Å². The quantitative estimate of drug-likeness (QED) is 0.151. The van der Waals surface area contributed by atoms with Crippen LogP contribution in [0.15, 0.2) is 97.3 Å². The lowest BCUT2D eigenvalue weighted by Gasteiger charge is -2.19. The number of hydrogen-bond acceptors (Lipinski definition) is 10. The van der Waals surface area contributed by atoms with Gasteiger partial charge in [-0.1, -0.05) is 40.2 Å². The second-order valence-electron chi connectivity index (χ2n) is 13.1. The molecule has 8 rings (SSSR count). The first-order valence-electron chi connectivity index (χ1n) is 18.1. The van der Waals surface area contributed by atoms with E-state index in [4.69, 9.17) is 9.47 Å². The second-order valence-corrected chi connectivity index (χ2v) is 13.7. The van der Waals surface area contributed by atoms with Gasteiger partial charge in [0, 0.05) is 44.0 Å². The molecule has 4 amide bonds. The first-order chi connectivity index (χ1) is 29.3. The number of likely N-dealkylation sites (N-methyl/N-ethyl adjacent to an activating group) is 2. The number of hydrogen-bond donors (Lipinski definition) is 3. The van der Waals surface area contributed by atoms with E-state index < -0.39 is 47.5 Å². The molecule has 16 nitrogen and oxygen atoms in total. The van der Waals surface area contributed by atoms with E-state index in [1.54, 1.807) is 36.4 Å². The summed E-state index contributed by atoms with van der Waals surface area (Å²) in [6.07, 6.45) is 3.07. The molecule has 6 heterocycles. The Morgan fingerprint density at radius 3 is 1.70 bits per heavy atom. The standard InChI is InChI=1S/C20H17F2N5O3.C13H12FN5O3.C7H6BrF/c1-26-18-16(3-2-8-23-18)30-11-15(20(26)29)24-19(28)14-9-17(22)27(25-14)10-12-4-6-13(21)7-5-12;1-19-11-9(3-2-4-15-11)22-6-8(13(19)21)16-12(20)7-5-10(14)18-17-7;8-5-6-1-3-7(9)4-2-6/h2-9,15H,10-11H2,1H3,(H,24,28);2-5,8H,6H2,1H3,(H,16,20)(H,17,18);1-4H,5H2/t15-;8-;/m00./s1. The molecule has 0 fully saturated rings. The topological polar surface area (TPSA) is 190 Å². The summed E-state index contributed by atoms with van der Waals surface area (Å²) in [4.78, 5) is 60.4. The molecule has 0 aliphatic carbocycles. The smallest absolute Gasteiger partial charge is 0.272 e. The van der Waals surface area contributed by atoms with Gasteiger partial charge in [-0.25, -0.2) is 23.4 Å². The van der Waals surface area contributed by atoms with Crippen molar-refractivity contribution in [1.82, 2.24) is 40.6 Å². The van der Waals surface area contributed by atoms with Crippen LogP contribution in [0.3, 0.4) is 0 Å². The summed E-state index contributed by atoms with van der Waals surface area (Å²) in [5.41, 5.74) is 1.37. The third-order valence-corrected chi connectivity index (χ3v) is 9.52. The van der Waals surface area contributed by atoms with E-state index in [0.717, 1.165) is 27.7 Å². The predicted octanol–water partition coefficient (Wildman–Crippen LogP) is 4.58. The van der Waals surface area contributed by atoms with Gasteiger partial charge in [0.2, 0.25) is 11.9 Å². The van der Waals surface area contributed by atoms with E-state index in [1.165, 1.54) is 72.7 Å². The van der Waals surface area contributed by atoms with Crippen LogP contribution < -0.4 is 29.9 Å². The third kappa shape index (κ3) is 10.9. The molecule has 2 aromatic carbocycles. The fourth-order valence-corrected chi connectivity index (χ4v) is 6.07. The Hall–Kier alpha value is -7.16. The fraction of sp³-hybridized carbons (Fsp3) is 0.200. The zero-order valence-electron chi connectivity index (χ0n) is 32.2. The molecule has 0 unspecified atom stereocenters. The number of nitrogens with zero attached hydrogens (tertiary/aromatic N) is 7. The van der Waals surface area contributed by atoms with Crippen LogP contribution in [0.4, 0.5) is 29.2 Å². The van der Waals surface area contributed by atoms with Gasteiger partial charge in [-0.15, -0.1) is 0 Å². The molecule has 2 aliphatic heterocycles. The third-order valence-electron chi connectivity index (χ3n) is 8.87. The highest BCUT2D eigenvalue weighted by Crippen LogP contribution is 2.28. The van der Waals surface area contributed by atoms with E-state index in [0.29, 0.717) is 28.7 Å². The molecule has 0 saturated carbocycles. The van der Waals surface area contributed by atoms with Gasteiger partial charge < -0.3 is 20.1 Å². The molecule has 0 spiro atoms. The van der Waals surface area contributed by atoms with Crippen molar-refractivity contribution in [2.45, 2.75) is 24.0 Å². The highest BCUT2D eigenvalue weighted by molar-refractivity contribution is 9.08. The van der Waals surface area contributed by atoms with Crippen molar-refractivity contribution in [3.05, 3.63) is 143 Å². The predicted molar refractivity (Wildman–Crippen MR) is 214 cm³/mol. The summed E-state index contributed by atoms with van der Waals surface area (Å²) in [7, 11) is 3.06. The fourth-order valence-electron chi connectivity index (χ4n) is 5.70. The molecule has 0 saturated heterocycles. The van der Waals surface area contributed by atoms with Crippen molar-refractivity contribution in [2.75, 3.05) is 37.1 Å². The van der Waals surface area contributed by atoms with Crippen LogP contribution in [-0.4, -0.2) is 93.0 Å². The van der Waals surface area contributed by atoms with Crippen molar-refractivity contribution in [3.8, 4) is 11.5 Å². The molecule has 3 N–H and O–H groups in total. The second kappa shape index (κ2) is 19.7. The molecule has 0 bridgehead atoms. The first-order valence-corrected chi connectivity index (χ1v) is 19.2. The van der Waals surface area contributed by atoms with Crippen LogP contribution in [0.5, 0.6) is 11.5 Å². The minimum absolute atomic E-state index is 0.0224. The van der Waals surface area contributed by atoms with Gasteiger partial charge in [-0.3, -0.25) is 34.1 Å². The molecular formula is C40H35BrF4N10O6. The highest BCUT2D eigenvalue weighted by Gasteiger charge is 2.33. The number of aromatic amines is 1. The normalized spacial score (nSPS) is 15.5. The van der Waals surface area contributed by atoms with Gasteiger partial charge in [0.1, 0.15) is 36.9 Å². The van der Waals surface area contributed by atoms with Gasteiger partial charge >= 0.3 is 0 Å². The summed E-state index contributed by atoms with van der Waals surface area (Å²) in [6, 6.07) is 18.6. The van der Waals surface area contributed by atoms with Gasteiger partial charge in [-0.05, 0) is 59.7 Å². The Morgan fingerprint density at radius 2 is 1.23 bits per heavy atom. The zero-order valence-corrected chi connectivity index (χ0v) is 33.8. The van der Waals surface area contributed by atoms with Crippen molar-refractivity contribution in [2.24, 2.45) is 0 Å². The number of amides is 4. The number of aromatic nitrogens is 6. The van der Waals surface area contributed by atoms with Crippen molar-refractivity contribution >= 4 is 51.2 Å². The van der Waals surface area contributed by atoms with E-state index in [-0.39, 0.29) is 42.9 Å². The number of nitrogens with one attached hydrogen (secondary N) is 3. The molecule has 21 heteroatoms. The number of rotatable bonds is 7. The molecular weight excluding hydrogens is 872 g/mol. The minimum Gasteiger partial charge on any atom is -0.487 e. The van der Waals surface area contributed by atoms with E-state index >= 15 is 0 Å². The summed E-state index contributed by atoms with van der Waals surface area (Å²) in [5, 5.41) is 15.3. The number of H-pyrrole nitrogens is 1. The van der Waals surface area contributed by atoms with Crippen LogP contribution in [-0.2, 0) is 21.5 Å². The number of benzene rings is 2. The average Bonchev–Trinajstić information content (AvgIpc) is 3.83. The Balaban J connectivity index is 0.000000175. The summed E-state index contributed by atoms with van der Waals surface area (Å²) < 4.78 is 64.4. The van der Waals surface area contributed by atoms with Crippen molar-refractivity contribution < 1.29 is 46.2 Å². The number of carbonyl (C=O) groups is 4. The molecule has 0 radical (unpaired) electrons. The first kappa shape index (κ1) is 43.4. The van der Waals surface area contributed by atoms with Crippen LogP contribution in [0.1, 0.15) is 32.1 Å². The zero-order chi connectivity index (χ0) is 43.6. The maximum Gasteiger partial charge on any atom is 0.272 e. The van der Waals surface area contributed by atoms with Crippen LogP contribution >= 0.6 is 15.9 Å². The van der Waals surface area contributed by atoms with Crippen LogP contribution in [0, 0.1) is 23.5 Å². The molecule has 2 aliphatic rings. The number of carbonyl (C=O) groups excluding carboxylic acids is 4. The number of pyridine rings is 2. The number of anilines is 2. The maximum absolute atomic E-state index is 14.2. The molecule has 6 aromatic rings. The lowest BCUT2D eigenvalue weighted by atomic mass is 10.2. The van der Waals surface area contributed by atoms with Gasteiger partial charge in [0.25, 0.3) is 23.6 Å². The highest BCUT2D eigenvalue weighted by atomic mass is 79.9. The largest absolute Gasteiger partial charge is 0.487 e. The van der Waals surface area contributed by atoms with Crippen LogP contribution in [0.2, 0.25) is 0 Å². The molecule has 61 heavy (non-hydrogen) atoms. The molecule has 316 valence electrons. The lowest BCUT2D eigenvalue weighted by Crippen LogP contribution is -2.49.